The Labute approximate surface area is 242 Å². The minimum Gasteiger partial charge on any atom is -0.508 e. The van der Waals surface area contributed by atoms with Crippen molar-refractivity contribution < 1.29 is 34.0 Å². The van der Waals surface area contributed by atoms with Crippen molar-refractivity contribution in [3.8, 4) is 22.6 Å². The van der Waals surface area contributed by atoms with Crippen molar-refractivity contribution in [3.05, 3.63) is 82.4 Å². The molecule has 7 heteroatoms. The molecule has 2 N–H and O–H groups in total. The molecule has 41 heavy (non-hydrogen) atoms. The van der Waals surface area contributed by atoms with Gasteiger partial charge in [0, 0.05) is 13.7 Å². The number of rotatable bonds is 7. The molecule has 6 rings (SSSR count). The van der Waals surface area contributed by atoms with Crippen molar-refractivity contribution in [2.45, 2.75) is 76.8 Å². The van der Waals surface area contributed by atoms with E-state index in [0.29, 0.717) is 25.2 Å². The molecule has 0 radical (unpaired) electrons. The molecule has 3 aliphatic rings. The van der Waals surface area contributed by atoms with Gasteiger partial charge in [0.25, 0.3) is 0 Å². The molecule has 2 heterocycles. The monoisotopic (exact) mass is 560 g/mol. The van der Waals surface area contributed by atoms with E-state index >= 15 is 0 Å². The number of carbonyl (C=O) groups is 1. The molecule has 3 aromatic carbocycles. The maximum atomic E-state index is 11.1. The second kappa shape index (κ2) is 12.6. The number of carboxylic acid groups (broad SMARTS) is 1. The van der Waals surface area contributed by atoms with Gasteiger partial charge in [-0.1, -0.05) is 31.2 Å². The molecule has 7 nitrogen and oxygen atoms in total. The number of methoxy groups -OCH3 is 1. The lowest BCUT2D eigenvalue weighted by Gasteiger charge is -2.14. The fourth-order valence-corrected chi connectivity index (χ4v) is 6.54. The van der Waals surface area contributed by atoms with E-state index in [1.165, 1.54) is 5.56 Å². The van der Waals surface area contributed by atoms with Crippen molar-refractivity contribution >= 4 is 5.97 Å². The number of aromatic hydroxyl groups is 1. The first-order valence-corrected chi connectivity index (χ1v) is 14.4. The lowest BCUT2D eigenvalue weighted by Crippen LogP contribution is -2.28. The molecule has 0 aromatic heterocycles. The second-order valence-electron chi connectivity index (χ2n) is 11.4. The third-order valence-corrected chi connectivity index (χ3v) is 8.45. The molecule has 0 bridgehead atoms. The van der Waals surface area contributed by atoms with Gasteiger partial charge >= 0.3 is 5.97 Å². The van der Waals surface area contributed by atoms with Crippen LogP contribution in [0.4, 0.5) is 0 Å². The lowest BCUT2D eigenvalue weighted by atomic mass is 9.94. The quantitative estimate of drug-likeness (QED) is 0.340. The summed E-state index contributed by atoms with van der Waals surface area (Å²) in [7, 11) is 1.71. The third-order valence-electron chi connectivity index (χ3n) is 8.45. The number of hydrogen-bond donors (Lipinski definition) is 2. The van der Waals surface area contributed by atoms with Crippen LogP contribution in [0.15, 0.2) is 54.6 Å². The van der Waals surface area contributed by atoms with E-state index in [0.717, 1.165) is 58.6 Å². The van der Waals surface area contributed by atoms with Crippen LogP contribution in [-0.4, -0.2) is 54.8 Å². The highest BCUT2D eigenvalue weighted by atomic mass is 16.6. The number of carboxylic acids is 1. The Bertz CT molecular complexity index is 1360. The summed E-state index contributed by atoms with van der Waals surface area (Å²) < 4.78 is 22.1. The topological polar surface area (TPSA) is 94.5 Å². The summed E-state index contributed by atoms with van der Waals surface area (Å²) in [6.07, 6.45) is 2.78. The van der Waals surface area contributed by atoms with Gasteiger partial charge in [0.2, 0.25) is 0 Å². The Morgan fingerprint density at radius 3 is 2.54 bits per heavy atom. The van der Waals surface area contributed by atoms with Crippen LogP contribution in [0.1, 0.15) is 65.8 Å². The molecule has 0 saturated carbocycles. The first-order chi connectivity index (χ1) is 19.7. The van der Waals surface area contributed by atoms with Gasteiger partial charge in [-0.3, -0.25) is 4.79 Å². The van der Waals surface area contributed by atoms with Crippen LogP contribution >= 0.6 is 0 Å². The summed E-state index contributed by atoms with van der Waals surface area (Å²) in [6, 6.07) is 17.9. The molecule has 3 aromatic rings. The molecule has 218 valence electrons. The molecule has 0 amide bonds. The largest absolute Gasteiger partial charge is 0.508 e. The van der Waals surface area contributed by atoms with Gasteiger partial charge in [0.15, 0.2) is 0 Å². The van der Waals surface area contributed by atoms with Gasteiger partial charge in [-0.2, -0.15) is 0 Å². The Morgan fingerprint density at radius 2 is 1.80 bits per heavy atom. The number of ether oxygens (including phenoxy) is 4. The van der Waals surface area contributed by atoms with Crippen LogP contribution in [0.25, 0.3) is 11.1 Å². The smallest absolute Gasteiger partial charge is 0.303 e. The summed E-state index contributed by atoms with van der Waals surface area (Å²) in [6.45, 7) is 8.15. The van der Waals surface area contributed by atoms with Crippen LogP contribution in [0.5, 0.6) is 11.5 Å². The predicted molar refractivity (Wildman–Crippen MR) is 157 cm³/mol. The van der Waals surface area contributed by atoms with E-state index in [9.17, 15) is 9.90 Å². The standard InChI is InChI=1S/C27H28O4.C7H12O3/c1-16-9-21(13-26(29)30)24-8-7-23(14-25(16)24)31-15-19-5-4-6-20(12-19)27-17(2)10-22(28)11-18(27)3;1-8-6-4-10-5-2-3-9-7(5)6/h4-8,10-12,14,16,21,28H,9,13,15H2,1-3H3,(H,29,30);5-7H,2-4H2,1H3. The number of aryl methyl sites for hydroxylation is 2. The normalized spacial score (nSPS) is 24.3. The van der Waals surface area contributed by atoms with Crippen LogP contribution in [-0.2, 0) is 25.6 Å². The van der Waals surface area contributed by atoms with Gasteiger partial charge in [0.1, 0.15) is 30.3 Å². The fraction of sp³-hybridized carbons (Fsp3) is 0.441. The van der Waals surface area contributed by atoms with E-state index in [1.54, 1.807) is 19.2 Å². The zero-order valence-corrected chi connectivity index (χ0v) is 24.3. The van der Waals surface area contributed by atoms with Crippen LogP contribution in [0, 0.1) is 13.8 Å². The number of phenolic OH excluding ortho intramolecular Hbond substituents is 1. The van der Waals surface area contributed by atoms with Gasteiger partial charge < -0.3 is 29.2 Å². The van der Waals surface area contributed by atoms with E-state index in [1.807, 2.05) is 38.1 Å². The van der Waals surface area contributed by atoms with Gasteiger partial charge in [0.05, 0.1) is 19.1 Å². The minimum absolute atomic E-state index is 0.0880. The number of fused-ring (bicyclic) bond motifs is 2. The predicted octanol–water partition coefficient (Wildman–Crippen LogP) is 6.51. The highest BCUT2D eigenvalue weighted by molar-refractivity contribution is 5.72. The molecule has 0 spiro atoms. The highest BCUT2D eigenvalue weighted by Crippen LogP contribution is 2.44. The molecule has 2 fully saturated rings. The zero-order chi connectivity index (χ0) is 29.1. The molecule has 2 saturated heterocycles. The number of benzene rings is 3. The number of phenols is 1. The summed E-state index contributed by atoms with van der Waals surface area (Å²) in [4.78, 5) is 11.1. The van der Waals surface area contributed by atoms with Crippen molar-refractivity contribution in [2.24, 2.45) is 0 Å². The van der Waals surface area contributed by atoms with Gasteiger partial charge in [-0.15, -0.1) is 0 Å². The average Bonchev–Trinajstić information content (AvgIpc) is 3.63. The van der Waals surface area contributed by atoms with Crippen LogP contribution < -0.4 is 4.74 Å². The van der Waals surface area contributed by atoms with Crippen LogP contribution in [0.3, 0.4) is 0 Å². The Balaban J connectivity index is 0.000000282. The second-order valence-corrected chi connectivity index (χ2v) is 11.4. The average molecular weight is 561 g/mol. The summed E-state index contributed by atoms with van der Waals surface area (Å²) in [5.74, 6) is 0.777. The van der Waals surface area contributed by atoms with Crippen molar-refractivity contribution in [3.63, 3.8) is 0 Å². The van der Waals surface area contributed by atoms with E-state index in [2.05, 4.69) is 25.1 Å². The highest BCUT2D eigenvalue weighted by Gasteiger charge is 2.41. The van der Waals surface area contributed by atoms with E-state index in [4.69, 9.17) is 24.1 Å². The van der Waals surface area contributed by atoms with Crippen molar-refractivity contribution in [1.82, 2.24) is 0 Å². The maximum absolute atomic E-state index is 11.1. The zero-order valence-electron chi connectivity index (χ0n) is 24.3. The maximum Gasteiger partial charge on any atom is 0.303 e. The number of aliphatic carboxylic acids is 1. The van der Waals surface area contributed by atoms with Gasteiger partial charge in [-0.25, -0.2) is 0 Å². The number of hydrogen-bond acceptors (Lipinski definition) is 6. The van der Waals surface area contributed by atoms with Crippen molar-refractivity contribution in [1.29, 1.82) is 0 Å². The molecular weight excluding hydrogens is 520 g/mol. The Morgan fingerprint density at radius 1 is 1.02 bits per heavy atom. The molecule has 1 aliphatic carbocycles. The first-order valence-electron chi connectivity index (χ1n) is 14.4. The fourth-order valence-electron chi connectivity index (χ4n) is 6.54. The van der Waals surface area contributed by atoms with Crippen LogP contribution in [0.2, 0.25) is 0 Å². The lowest BCUT2D eigenvalue weighted by molar-refractivity contribution is -0.137. The molecule has 5 atom stereocenters. The first kappa shape index (κ1) is 29.1. The van der Waals surface area contributed by atoms with E-state index < -0.39 is 5.97 Å². The molecule has 2 aliphatic heterocycles. The Kier molecular flexibility index (Phi) is 8.97. The Hall–Kier alpha value is -3.39. The summed E-state index contributed by atoms with van der Waals surface area (Å²) in [5, 5.41) is 19.0. The summed E-state index contributed by atoms with van der Waals surface area (Å²) >= 11 is 0. The third kappa shape index (κ3) is 6.58. The molecular formula is C34H40O7. The van der Waals surface area contributed by atoms with Gasteiger partial charge in [-0.05, 0) is 108 Å². The summed E-state index contributed by atoms with van der Waals surface area (Å²) in [5.41, 5.74) is 7.74. The van der Waals surface area contributed by atoms with Crippen molar-refractivity contribution in [2.75, 3.05) is 20.3 Å². The minimum atomic E-state index is -0.746. The van der Waals surface area contributed by atoms with E-state index in [-0.39, 0.29) is 30.3 Å². The SMILES string of the molecule is COC1COC2CCOC12.Cc1cc(O)cc(C)c1-c1cccc(COc2ccc3c(c2)C(C)CC3CC(=O)O)c1. The molecule has 5 unspecified atom stereocenters.